The van der Waals surface area contributed by atoms with Crippen LogP contribution in [0.3, 0.4) is 0 Å². The Balaban J connectivity index is 1.75. The topological polar surface area (TPSA) is 67.1 Å². The number of nitrogens with two attached hydrogens (primary N) is 1. The normalized spacial score (nSPS) is 33.5. The van der Waals surface area contributed by atoms with E-state index >= 15 is 0 Å². The standard InChI is InChI=1S/C10H19N3O/c11-8-2-1-3-9(4-8)13-10(14)7-5-12-6-7/h7-9,12H,1-6,11H2,(H,13,14). The first kappa shape index (κ1) is 9.93. The van der Waals surface area contributed by atoms with Crippen molar-refractivity contribution in [2.75, 3.05) is 13.1 Å². The van der Waals surface area contributed by atoms with Crippen molar-refractivity contribution in [3.8, 4) is 0 Å². The van der Waals surface area contributed by atoms with Crippen LogP contribution in [0.5, 0.6) is 0 Å². The van der Waals surface area contributed by atoms with Gasteiger partial charge >= 0.3 is 0 Å². The molecule has 0 aromatic heterocycles. The lowest BCUT2D eigenvalue weighted by Gasteiger charge is -2.31. The number of nitrogens with one attached hydrogen (secondary N) is 2. The second-order valence-electron chi connectivity index (χ2n) is 4.49. The number of hydrogen-bond acceptors (Lipinski definition) is 3. The Morgan fingerprint density at radius 1 is 1.36 bits per heavy atom. The number of amides is 1. The third-order valence-electron chi connectivity index (χ3n) is 3.21. The highest BCUT2D eigenvalue weighted by Crippen LogP contribution is 2.17. The molecule has 4 nitrogen and oxygen atoms in total. The summed E-state index contributed by atoms with van der Waals surface area (Å²) in [5.41, 5.74) is 5.86. The molecule has 1 saturated heterocycles. The third kappa shape index (κ3) is 2.25. The molecule has 14 heavy (non-hydrogen) atoms. The predicted octanol–water partition coefficient (Wildman–Crippen LogP) is -0.408. The van der Waals surface area contributed by atoms with Gasteiger partial charge in [-0.3, -0.25) is 4.79 Å². The zero-order valence-corrected chi connectivity index (χ0v) is 8.46. The molecule has 1 saturated carbocycles. The fourth-order valence-electron chi connectivity index (χ4n) is 2.15. The third-order valence-corrected chi connectivity index (χ3v) is 3.21. The van der Waals surface area contributed by atoms with E-state index in [1.807, 2.05) is 0 Å². The van der Waals surface area contributed by atoms with Crippen LogP contribution in [0.1, 0.15) is 25.7 Å². The van der Waals surface area contributed by atoms with Gasteiger partial charge in [-0.1, -0.05) is 0 Å². The monoisotopic (exact) mass is 197 g/mol. The fraction of sp³-hybridized carbons (Fsp3) is 0.900. The molecule has 0 bridgehead atoms. The van der Waals surface area contributed by atoms with Gasteiger partial charge in [0, 0.05) is 25.2 Å². The summed E-state index contributed by atoms with van der Waals surface area (Å²) in [7, 11) is 0. The lowest BCUT2D eigenvalue weighted by molar-refractivity contribution is -0.127. The van der Waals surface area contributed by atoms with E-state index in [2.05, 4.69) is 10.6 Å². The van der Waals surface area contributed by atoms with Crippen LogP contribution in [0.4, 0.5) is 0 Å². The molecule has 1 heterocycles. The minimum Gasteiger partial charge on any atom is -0.353 e. The van der Waals surface area contributed by atoms with Gasteiger partial charge in [0.15, 0.2) is 0 Å². The lowest BCUT2D eigenvalue weighted by Crippen LogP contribution is -2.53. The molecule has 1 aliphatic carbocycles. The molecule has 4 N–H and O–H groups in total. The maximum absolute atomic E-state index is 11.6. The molecule has 1 aliphatic heterocycles. The lowest BCUT2D eigenvalue weighted by atomic mass is 9.91. The van der Waals surface area contributed by atoms with Crippen molar-refractivity contribution >= 4 is 5.91 Å². The van der Waals surface area contributed by atoms with Crippen LogP contribution in [0.2, 0.25) is 0 Å². The van der Waals surface area contributed by atoms with Crippen LogP contribution in [-0.2, 0) is 4.79 Å². The van der Waals surface area contributed by atoms with Crippen LogP contribution in [-0.4, -0.2) is 31.1 Å². The number of rotatable bonds is 2. The average molecular weight is 197 g/mol. The summed E-state index contributed by atoms with van der Waals surface area (Å²) in [6.45, 7) is 1.68. The number of carbonyl (C=O) groups is 1. The molecular weight excluding hydrogens is 178 g/mol. The highest BCUT2D eigenvalue weighted by molar-refractivity contribution is 5.80. The van der Waals surface area contributed by atoms with Crippen molar-refractivity contribution in [1.29, 1.82) is 0 Å². The van der Waals surface area contributed by atoms with E-state index in [0.29, 0.717) is 6.04 Å². The summed E-state index contributed by atoms with van der Waals surface area (Å²) in [4.78, 5) is 11.6. The Kier molecular flexibility index (Phi) is 3.03. The molecule has 0 aromatic rings. The Labute approximate surface area is 84.6 Å². The Hall–Kier alpha value is -0.610. The van der Waals surface area contributed by atoms with Crippen LogP contribution in [0.15, 0.2) is 0 Å². The van der Waals surface area contributed by atoms with E-state index in [0.717, 1.165) is 38.8 Å². The van der Waals surface area contributed by atoms with Gasteiger partial charge in [-0.2, -0.15) is 0 Å². The molecule has 2 rings (SSSR count). The summed E-state index contributed by atoms with van der Waals surface area (Å²) in [6.07, 6.45) is 4.30. The maximum Gasteiger partial charge on any atom is 0.225 e. The first-order valence-corrected chi connectivity index (χ1v) is 5.52. The van der Waals surface area contributed by atoms with Gasteiger partial charge in [0.1, 0.15) is 0 Å². The SMILES string of the molecule is NC1CCCC(NC(=O)C2CNC2)C1. The Morgan fingerprint density at radius 3 is 2.71 bits per heavy atom. The van der Waals surface area contributed by atoms with Gasteiger partial charge in [0.25, 0.3) is 0 Å². The first-order chi connectivity index (χ1) is 6.75. The Bertz CT molecular complexity index is 215. The van der Waals surface area contributed by atoms with Crippen LogP contribution < -0.4 is 16.4 Å². The van der Waals surface area contributed by atoms with E-state index in [-0.39, 0.29) is 17.9 Å². The van der Waals surface area contributed by atoms with E-state index in [1.165, 1.54) is 0 Å². The van der Waals surface area contributed by atoms with E-state index in [1.54, 1.807) is 0 Å². The van der Waals surface area contributed by atoms with Crippen molar-refractivity contribution in [3.05, 3.63) is 0 Å². The molecule has 2 unspecified atom stereocenters. The van der Waals surface area contributed by atoms with Crippen LogP contribution in [0, 0.1) is 5.92 Å². The van der Waals surface area contributed by atoms with Crippen molar-refractivity contribution in [1.82, 2.24) is 10.6 Å². The van der Waals surface area contributed by atoms with Gasteiger partial charge in [0.05, 0.1) is 5.92 Å². The molecule has 0 radical (unpaired) electrons. The quantitative estimate of drug-likeness (QED) is 0.564. The fourth-order valence-corrected chi connectivity index (χ4v) is 2.15. The predicted molar refractivity (Wildman–Crippen MR) is 54.7 cm³/mol. The summed E-state index contributed by atoms with van der Waals surface area (Å²) in [6, 6.07) is 0.611. The summed E-state index contributed by atoms with van der Waals surface area (Å²) in [5, 5.41) is 6.19. The largest absolute Gasteiger partial charge is 0.353 e. The smallest absolute Gasteiger partial charge is 0.225 e. The second-order valence-corrected chi connectivity index (χ2v) is 4.49. The minimum absolute atomic E-state index is 0.202. The van der Waals surface area contributed by atoms with Crippen LogP contribution in [0.25, 0.3) is 0 Å². The number of carbonyl (C=O) groups excluding carboxylic acids is 1. The molecule has 2 aliphatic rings. The van der Waals surface area contributed by atoms with Gasteiger partial charge in [0.2, 0.25) is 5.91 Å². The molecule has 0 aromatic carbocycles. The molecule has 80 valence electrons. The van der Waals surface area contributed by atoms with Crippen molar-refractivity contribution < 1.29 is 4.79 Å². The highest BCUT2D eigenvalue weighted by Gasteiger charge is 2.28. The molecule has 4 heteroatoms. The van der Waals surface area contributed by atoms with E-state index in [9.17, 15) is 4.79 Å². The van der Waals surface area contributed by atoms with Gasteiger partial charge in [-0.25, -0.2) is 0 Å². The zero-order valence-electron chi connectivity index (χ0n) is 8.46. The van der Waals surface area contributed by atoms with Gasteiger partial charge in [-0.05, 0) is 25.7 Å². The molecule has 2 fully saturated rings. The summed E-state index contributed by atoms with van der Waals surface area (Å²) in [5.74, 6) is 0.413. The average Bonchev–Trinajstić information content (AvgIpc) is 1.99. The van der Waals surface area contributed by atoms with E-state index < -0.39 is 0 Å². The number of hydrogen-bond donors (Lipinski definition) is 3. The van der Waals surface area contributed by atoms with E-state index in [4.69, 9.17) is 5.73 Å². The van der Waals surface area contributed by atoms with Crippen molar-refractivity contribution in [2.24, 2.45) is 11.7 Å². The van der Waals surface area contributed by atoms with Crippen LogP contribution >= 0.6 is 0 Å². The van der Waals surface area contributed by atoms with Gasteiger partial charge in [-0.15, -0.1) is 0 Å². The molecule has 2 atom stereocenters. The molecular formula is C10H19N3O. The Morgan fingerprint density at radius 2 is 2.14 bits per heavy atom. The molecule has 0 spiro atoms. The molecule has 1 amide bonds. The van der Waals surface area contributed by atoms with Gasteiger partial charge < -0.3 is 16.4 Å². The van der Waals surface area contributed by atoms with Crippen molar-refractivity contribution in [3.63, 3.8) is 0 Å². The maximum atomic E-state index is 11.6. The zero-order chi connectivity index (χ0) is 9.97. The van der Waals surface area contributed by atoms with Crippen molar-refractivity contribution in [2.45, 2.75) is 37.8 Å². The summed E-state index contributed by atoms with van der Waals surface area (Å²) < 4.78 is 0. The first-order valence-electron chi connectivity index (χ1n) is 5.52. The minimum atomic E-state index is 0.202. The highest BCUT2D eigenvalue weighted by atomic mass is 16.2. The summed E-state index contributed by atoms with van der Waals surface area (Å²) >= 11 is 0. The second kappa shape index (κ2) is 4.28.